The zero-order valence-corrected chi connectivity index (χ0v) is 13.8. The summed E-state index contributed by atoms with van der Waals surface area (Å²) in [6, 6.07) is 10.1. The first-order valence-corrected chi connectivity index (χ1v) is 7.75. The number of carbonyl (C=O) groups is 1. The van der Waals surface area contributed by atoms with Crippen molar-refractivity contribution in [3.05, 3.63) is 59.4 Å². The number of nitrogens with zero attached hydrogens (tertiary/aromatic N) is 1. The monoisotopic (exact) mass is 363 g/mol. The molecule has 0 spiro atoms. The summed E-state index contributed by atoms with van der Waals surface area (Å²) in [6.07, 6.45) is 0.408. The molecule has 0 aromatic heterocycles. The van der Waals surface area contributed by atoms with Crippen LogP contribution in [-0.2, 0) is 0 Å². The van der Waals surface area contributed by atoms with Gasteiger partial charge in [-0.1, -0.05) is 25.1 Å². The molecule has 2 aromatic rings. The van der Waals surface area contributed by atoms with Gasteiger partial charge in [0.1, 0.15) is 17.6 Å². The fourth-order valence-electron chi connectivity index (χ4n) is 2.41. The number of halogens is 3. The fourth-order valence-corrected chi connectivity index (χ4v) is 2.41. The molecule has 8 heteroatoms. The second kappa shape index (κ2) is 8.76. The van der Waals surface area contributed by atoms with Crippen LogP contribution in [0.25, 0.3) is 0 Å². The minimum absolute atomic E-state index is 0.0327. The number of rotatable bonds is 6. The first-order chi connectivity index (χ1) is 12.4. The Morgan fingerprint density at radius 2 is 2.00 bits per heavy atom. The van der Waals surface area contributed by atoms with Gasteiger partial charge in [-0.15, -0.1) is 0 Å². The molecule has 1 unspecified atom stereocenters. The van der Waals surface area contributed by atoms with Gasteiger partial charge in [-0.05, 0) is 30.7 Å². The van der Waals surface area contributed by atoms with Crippen molar-refractivity contribution in [2.24, 2.45) is 0 Å². The third-order valence-corrected chi connectivity index (χ3v) is 3.57. The molecule has 2 N–H and O–H groups in total. The average Bonchev–Trinajstić information content (AvgIpc) is 2.61. The zero-order valence-electron chi connectivity index (χ0n) is 13.8. The molecule has 0 bridgehead atoms. The van der Waals surface area contributed by atoms with Crippen LogP contribution < -0.4 is 15.4 Å². The van der Waals surface area contributed by atoms with Gasteiger partial charge in [0.2, 0.25) is 0 Å². The number of nitrogens with one attached hydrogen (secondary N) is 2. The Kier molecular flexibility index (Phi) is 6.44. The van der Waals surface area contributed by atoms with E-state index in [1.165, 1.54) is 12.1 Å². The van der Waals surface area contributed by atoms with E-state index in [4.69, 9.17) is 5.26 Å². The number of hydrogen-bond acceptors (Lipinski definition) is 3. The maximum atomic E-state index is 13.2. The lowest BCUT2D eigenvalue weighted by Gasteiger charge is -2.21. The molecule has 136 valence electrons. The standard InChI is InChI=1S/C18H16F3N3O2/c1-2-14(13-5-3-4-6-16(13)26-17(20)21)23-18(25)24-15-8-7-12(19)9-11(15)10-22/h3-9,14,17H,2H2,1H3,(H2,23,24,25). The number of hydrogen-bond donors (Lipinski definition) is 2. The number of ether oxygens (including phenoxy) is 1. The molecule has 0 aliphatic rings. The van der Waals surface area contributed by atoms with Gasteiger partial charge in [0.05, 0.1) is 17.3 Å². The maximum absolute atomic E-state index is 13.2. The molecular weight excluding hydrogens is 347 g/mol. The Morgan fingerprint density at radius 1 is 1.27 bits per heavy atom. The summed E-state index contributed by atoms with van der Waals surface area (Å²) in [7, 11) is 0. The Morgan fingerprint density at radius 3 is 2.65 bits per heavy atom. The number of para-hydroxylation sites is 1. The van der Waals surface area contributed by atoms with Crippen molar-refractivity contribution in [3.8, 4) is 11.8 Å². The first kappa shape index (κ1) is 19.1. The average molecular weight is 363 g/mol. The molecule has 0 aliphatic heterocycles. The minimum Gasteiger partial charge on any atom is -0.434 e. The Balaban J connectivity index is 2.16. The van der Waals surface area contributed by atoms with Crippen molar-refractivity contribution >= 4 is 11.7 Å². The van der Waals surface area contributed by atoms with Gasteiger partial charge in [-0.2, -0.15) is 14.0 Å². The predicted octanol–water partition coefficient (Wildman–Crippen LogP) is 4.57. The highest BCUT2D eigenvalue weighted by Crippen LogP contribution is 2.28. The topological polar surface area (TPSA) is 74.2 Å². The van der Waals surface area contributed by atoms with E-state index < -0.39 is 24.5 Å². The molecule has 0 radical (unpaired) electrons. The van der Waals surface area contributed by atoms with E-state index in [0.29, 0.717) is 12.0 Å². The number of alkyl halides is 2. The number of urea groups is 1. The van der Waals surface area contributed by atoms with Gasteiger partial charge < -0.3 is 15.4 Å². The van der Waals surface area contributed by atoms with Crippen LogP contribution in [-0.4, -0.2) is 12.6 Å². The van der Waals surface area contributed by atoms with E-state index in [9.17, 15) is 18.0 Å². The van der Waals surface area contributed by atoms with E-state index in [1.807, 2.05) is 0 Å². The second-order valence-corrected chi connectivity index (χ2v) is 5.28. The fraction of sp³-hybridized carbons (Fsp3) is 0.222. The van der Waals surface area contributed by atoms with Crippen molar-refractivity contribution in [2.45, 2.75) is 26.0 Å². The Bertz CT molecular complexity index is 822. The van der Waals surface area contributed by atoms with E-state index in [-0.39, 0.29) is 17.0 Å². The zero-order chi connectivity index (χ0) is 19.1. The molecule has 0 saturated heterocycles. The van der Waals surface area contributed by atoms with E-state index in [2.05, 4.69) is 15.4 Å². The molecule has 2 aromatic carbocycles. The molecule has 5 nitrogen and oxygen atoms in total. The smallest absolute Gasteiger partial charge is 0.387 e. The molecule has 26 heavy (non-hydrogen) atoms. The lowest BCUT2D eigenvalue weighted by atomic mass is 10.0. The van der Waals surface area contributed by atoms with Crippen molar-refractivity contribution in [1.82, 2.24) is 5.32 Å². The maximum Gasteiger partial charge on any atom is 0.387 e. The highest BCUT2D eigenvalue weighted by atomic mass is 19.3. The quantitative estimate of drug-likeness (QED) is 0.789. The van der Waals surface area contributed by atoms with Gasteiger partial charge in [0.25, 0.3) is 0 Å². The summed E-state index contributed by atoms with van der Waals surface area (Å²) in [5.74, 6) is -0.633. The lowest BCUT2D eigenvalue weighted by molar-refractivity contribution is -0.0506. The molecule has 0 heterocycles. The lowest BCUT2D eigenvalue weighted by Crippen LogP contribution is -2.32. The van der Waals surface area contributed by atoms with Crippen molar-refractivity contribution in [2.75, 3.05) is 5.32 Å². The third kappa shape index (κ3) is 4.89. The number of amides is 2. The van der Waals surface area contributed by atoms with Crippen molar-refractivity contribution in [3.63, 3.8) is 0 Å². The van der Waals surface area contributed by atoms with Gasteiger partial charge in [-0.3, -0.25) is 0 Å². The van der Waals surface area contributed by atoms with Gasteiger partial charge in [0, 0.05) is 5.56 Å². The number of anilines is 1. The number of carbonyl (C=O) groups excluding carboxylic acids is 1. The van der Waals surface area contributed by atoms with Crippen LogP contribution in [0.5, 0.6) is 5.75 Å². The largest absolute Gasteiger partial charge is 0.434 e. The summed E-state index contributed by atoms with van der Waals surface area (Å²) in [5, 5.41) is 14.1. The van der Waals surface area contributed by atoms with Crippen molar-refractivity contribution < 1.29 is 22.7 Å². The molecular formula is C18H16F3N3O2. The van der Waals surface area contributed by atoms with E-state index in [0.717, 1.165) is 12.1 Å². The van der Waals surface area contributed by atoms with Gasteiger partial charge >= 0.3 is 12.6 Å². The molecule has 2 amide bonds. The van der Waals surface area contributed by atoms with Crippen LogP contribution in [0.3, 0.4) is 0 Å². The Labute approximate surface area is 148 Å². The van der Waals surface area contributed by atoms with E-state index >= 15 is 0 Å². The molecule has 0 fully saturated rings. The summed E-state index contributed by atoms with van der Waals surface area (Å²) >= 11 is 0. The normalized spacial score (nSPS) is 11.5. The Hall–Kier alpha value is -3.21. The second-order valence-electron chi connectivity index (χ2n) is 5.28. The number of benzene rings is 2. The van der Waals surface area contributed by atoms with Gasteiger partial charge in [0.15, 0.2) is 0 Å². The SMILES string of the molecule is CCC(NC(=O)Nc1ccc(F)cc1C#N)c1ccccc1OC(F)F. The van der Waals surface area contributed by atoms with Crippen LogP contribution in [0.2, 0.25) is 0 Å². The highest BCUT2D eigenvalue weighted by Gasteiger charge is 2.19. The predicted molar refractivity (Wildman–Crippen MR) is 89.4 cm³/mol. The van der Waals surface area contributed by atoms with E-state index in [1.54, 1.807) is 31.2 Å². The van der Waals surface area contributed by atoms with Crippen molar-refractivity contribution in [1.29, 1.82) is 5.26 Å². The van der Waals surface area contributed by atoms with Crippen LogP contribution in [0.4, 0.5) is 23.7 Å². The summed E-state index contributed by atoms with van der Waals surface area (Å²) in [6.45, 7) is -1.22. The van der Waals surface area contributed by atoms with Crippen LogP contribution in [0, 0.1) is 17.1 Å². The molecule has 0 aliphatic carbocycles. The summed E-state index contributed by atoms with van der Waals surface area (Å²) in [4.78, 5) is 12.2. The minimum atomic E-state index is -2.99. The van der Waals surface area contributed by atoms with Crippen LogP contribution in [0.1, 0.15) is 30.5 Å². The van der Waals surface area contributed by atoms with Gasteiger partial charge in [-0.25, -0.2) is 9.18 Å². The molecule has 1 atom stereocenters. The summed E-state index contributed by atoms with van der Waals surface area (Å²) in [5.41, 5.74) is 0.498. The summed E-state index contributed by atoms with van der Waals surface area (Å²) < 4.78 is 42.7. The highest BCUT2D eigenvalue weighted by molar-refractivity contribution is 5.91. The molecule has 2 rings (SSSR count). The molecule has 0 saturated carbocycles. The first-order valence-electron chi connectivity index (χ1n) is 7.75. The van der Waals surface area contributed by atoms with Crippen LogP contribution >= 0.6 is 0 Å². The number of nitriles is 1. The third-order valence-electron chi connectivity index (χ3n) is 3.57. The van der Waals surface area contributed by atoms with Crippen LogP contribution in [0.15, 0.2) is 42.5 Å².